The van der Waals surface area contributed by atoms with E-state index in [2.05, 4.69) is 40.9 Å². The van der Waals surface area contributed by atoms with Crippen LogP contribution in [0.3, 0.4) is 0 Å². The number of rotatable bonds is 7. The highest BCUT2D eigenvalue weighted by atomic mass is 16.8. The molecular formula is C60H88O19. The highest BCUT2D eigenvalue weighted by Crippen LogP contribution is 2.56. The minimum Gasteiger partial charge on any atom is -0.459 e. The molecular weight excluding hydrogens is 1020 g/mol. The Morgan fingerprint density at radius 2 is 1.33 bits per heavy atom. The largest absolute Gasteiger partial charge is 0.459 e. The van der Waals surface area contributed by atoms with E-state index in [9.17, 15) is 25.2 Å². The molecule has 0 radical (unpaired) electrons. The highest BCUT2D eigenvalue weighted by Gasteiger charge is 2.69. The average Bonchev–Trinajstić information content (AvgIpc) is 3.50. The van der Waals surface area contributed by atoms with Gasteiger partial charge < -0.3 is 86.7 Å². The van der Waals surface area contributed by atoms with E-state index < -0.39 is 85.3 Å². The zero-order valence-corrected chi connectivity index (χ0v) is 46.6. The molecule has 15 rings (SSSR count). The fourth-order valence-electron chi connectivity index (χ4n) is 17.6. The molecule has 12 bridgehead atoms. The summed E-state index contributed by atoms with van der Waals surface area (Å²) in [4.78, 5) is 14.5. The van der Waals surface area contributed by atoms with Crippen LogP contribution in [-0.2, 0) is 71.1 Å². The first kappa shape index (κ1) is 55.2. The van der Waals surface area contributed by atoms with Crippen LogP contribution in [0.25, 0.3) is 0 Å². The molecule has 0 aromatic carbocycles. The highest BCUT2D eigenvalue weighted by molar-refractivity contribution is 5.70. The first-order valence-corrected chi connectivity index (χ1v) is 30.8. The number of fused-ring (bicyclic) bond motifs is 9. The third-order valence-corrected chi connectivity index (χ3v) is 21.6. The number of aliphatic hydroxyl groups is 4. The van der Waals surface area contributed by atoms with Crippen LogP contribution in [-0.4, -0.2) is 203 Å². The Bertz CT molecular complexity index is 2270. The van der Waals surface area contributed by atoms with Crippen LogP contribution in [0.1, 0.15) is 143 Å². The Morgan fingerprint density at radius 1 is 0.595 bits per heavy atom. The molecule has 442 valence electrons. The SMILES string of the molecule is C=C1C2C[C@@H]3O[C@H]4C[C@H]5O[C@@]6(C[C@H](O)[C@H]([C@@H](C)CC7C[C@H](C)[C@@H]8O[C@H]([C@@H](O)C[C@@H](O)CO)CC8O7)O6)C[C@H]5O[C@H]4[C@H](C)[C@H]3OC(=O)C[C@H]3CC[C@@H]4OC5C6O[C@@H]7C[C@](CC[C@H]8CC(=C)[C@H](CC[C@@H](C[C@H]1C)O2)O8)(O[C@H]6[C@H]4O3)O[C@@H]57. The minimum absolute atomic E-state index is 0.00935. The van der Waals surface area contributed by atoms with Crippen LogP contribution >= 0.6 is 0 Å². The lowest BCUT2D eigenvalue weighted by Gasteiger charge is -2.50. The van der Waals surface area contributed by atoms with Gasteiger partial charge in [0.2, 0.25) is 0 Å². The molecule has 0 aliphatic carbocycles. The molecule has 0 aromatic rings. The average molecular weight is 1110 g/mol. The molecule has 2 spiro atoms. The summed E-state index contributed by atoms with van der Waals surface area (Å²) in [6.07, 6.45) is 0.970. The van der Waals surface area contributed by atoms with Gasteiger partial charge >= 0.3 is 5.97 Å². The van der Waals surface area contributed by atoms with Crippen LogP contribution in [0.15, 0.2) is 24.3 Å². The van der Waals surface area contributed by atoms with E-state index in [0.29, 0.717) is 64.2 Å². The van der Waals surface area contributed by atoms with E-state index in [-0.39, 0.29) is 134 Å². The quantitative estimate of drug-likeness (QED) is 0.202. The zero-order valence-electron chi connectivity index (χ0n) is 46.6. The van der Waals surface area contributed by atoms with Gasteiger partial charge in [-0.15, -0.1) is 0 Å². The monoisotopic (exact) mass is 1110 g/mol. The fraction of sp³-hybridized carbons (Fsp3) is 0.917. The molecule has 15 fully saturated rings. The lowest BCUT2D eigenvalue weighted by Crippen LogP contribution is -2.62. The van der Waals surface area contributed by atoms with Crippen molar-refractivity contribution in [1.29, 1.82) is 0 Å². The maximum atomic E-state index is 14.5. The van der Waals surface area contributed by atoms with Crippen molar-refractivity contribution in [3.05, 3.63) is 24.3 Å². The smallest absolute Gasteiger partial charge is 0.308 e. The molecule has 19 heteroatoms. The number of hydrogen-bond donors (Lipinski definition) is 4. The van der Waals surface area contributed by atoms with E-state index in [1.54, 1.807) is 0 Å². The van der Waals surface area contributed by atoms with E-state index in [0.717, 1.165) is 49.7 Å². The summed E-state index contributed by atoms with van der Waals surface area (Å²) >= 11 is 0. The van der Waals surface area contributed by atoms with Gasteiger partial charge in [-0.1, -0.05) is 40.9 Å². The molecule has 5 unspecified atom stereocenters. The maximum absolute atomic E-state index is 14.5. The van der Waals surface area contributed by atoms with Crippen molar-refractivity contribution in [2.24, 2.45) is 23.7 Å². The molecule has 79 heavy (non-hydrogen) atoms. The van der Waals surface area contributed by atoms with Gasteiger partial charge in [-0.3, -0.25) is 4.79 Å². The van der Waals surface area contributed by atoms with E-state index >= 15 is 0 Å². The first-order valence-electron chi connectivity index (χ1n) is 30.8. The molecule has 0 aromatic heterocycles. The molecule has 0 amide bonds. The molecule has 32 atom stereocenters. The van der Waals surface area contributed by atoms with Crippen molar-refractivity contribution < 1.29 is 91.5 Å². The predicted octanol–water partition coefficient (Wildman–Crippen LogP) is 4.56. The third-order valence-electron chi connectivity index (χ3n) is 21.6. The van der Waals surface area contributed by atoms with E-state index in [1.165, 1.54) is 0 Å². The summed E-state index contributed by atoms with van der Waals surface area (Å²) in [5, 5.41) is 41.8. The van der Waals surface area contributed by atoms with Crippen molar-refractivity contribution in [2.75, 3.05) is 6.61 Å². The lowest BCUT2D eigenvalue weighted by atomic mass is 9.79. The van der Waals surface area contributed by atoms with Crippen LogP contribution in [0.4, 0.5) is 0 Å². The Labute approximate surface area is 464 Å². The van der Waals surface area contributed by atoms with Gasteiger partial charge in [0.15, 0.2) is 11.6 Å². The predicted molar refractivity (Wildman–Crippen MR) is 276 cm³/mol. The molecule has 15 heterocycles. The standard InChI is InChI=1S/C60H88O19/c1-26-13-33-7-9-39-27(2)14-35(66-39)11-12-59-24-48-55(78-59)56-57(74-48)58(79-59)54-40(71-56)10-8-34(69-54)18-49(65)75-53-31(6)52-46(70-45(53)19-41(67-33)30(26)5)21-43-47(73-52)23-60(76-43)22-38(64)50(77-60)28(3)15-36-16-29(4)51-44(68-36)20-42(72-51)37(63)17-32(62)25-61/h26,28-29,31-48,50-58,61-64H,2,5,7-25H2,1,3-4,6H3/t26-,28+,29+,31+,32-,33+,34-,35+,36?,37+,38+,39+,40+,41?,42+,43-,44?,45+,46+,47-,48-,50+,51+,52+,53-,54+,55-,56?,57?,58+,59+,60-/m1/s1. The van der Waals surface area contributed by atoms with Crippen molar-refractivity contribution in [1.82, 2.24) is 0 Å². The van der Waals surface area contributed by atoms with Crippen molar-refractivity contribution in [2.45, 2.75) is 314 Å². The second-order valence-electron chi connectivity index (χ2n) is 27.2. The van der Waals surface area contributed by atoms with Gasteiger partial charge in [0.1, 0.15) is 36.6 Å². The van der Waals surface area contributed by atoms with E-state index in [4.69, 9.17) is 66.3 Å². The fourth-order valence-corrected chi connectivity index (χ4v) is 17.6. The summed E-state index contributed by atoms with van der Waals surface area (Å²) in [6.45, 7) is 17.2. The molecule has 0 saturated carbocycles. The summed E-state index contributed by atoms with van der Waals surface area (Å²) in [6, 6.07) is 0. The van der Waals surface area contributed by atoms with Crippen LogP contribution in [0, 0.1) is 23.7 Å². The van der Waals surface area contributed by atoms with Crippen LogP contribution in [0.2, 0.25) is 0 Å². The van der Waals surface area contributed by atoms with Gasteiger partial charge in [0.05, 0.1) is 135 Å². The van der Waals surface area contributed by atoms with Crippen molar-refractivity contribution in [3.8, 4) is 0 Å². The summed E-state index contributed by atoms with van der Waals surface area (Å²) < 4.78 is 95.5. The van der Waals surface area contributed by atoms with Crippen LogP contribution in [0.5, 0.6) is 0 Å². The van der Waals surface area contributed by atoms with Gasteiger partial charge in [-0.05, 0) is 86.7 Å². The lowest BCUT2D eigenvalue weighted by molar-refractivity contribution is -0.293. The summed E-state index contributed by atoms with van der Waals surface area (Å²) in [5.41, 5.74) is 2.13. The number of carbonyl (C=O) groups is 1. The summed E-state index contributed by atoms with van der Waals surface area (Å²) in [5.74, 6) is -2.17. The maximum Gasteiger partial charge on any atom is 0.308 e. The second-order valence-corrected chi connectivity index (χ2v) is 27.2. The Balaban J connectivity index is 0.665. The number of ether oxygens (including phenoxy) is 14. The molecule has 15 aliphatic heterocycles. The normalized spacial score (nSPS) is 55.0. The number of carbonyl (C=O) groups excluding carboxylic acids is 1. The number of esters is 1. The van der Waals surface area contributed by atoms with Crippen molar-refractivity contribution >= 4 is 5.97 Å². The molecule has 15 aliphatic rings. The Morgan fingerprint density at radius 3 is 2.18 bits per heavy atom. The van der Waals surface area contributed by atoms with Gasteiger partial charge in [0.25, 0.3) is 0 Å². The van der Waals surface area contributed by atoms with Gasteiger partial charge in [-0.2, -0.15) is 0 Å². The van der Waals surface area contributed by atoms with Crippen molar-refractivity contribution in [3.63, 3.8) is 0 Å². The Hall–Kier alpha value is -1.73. The zero-order chi connectivity index (χ0) is 54.4. The van der Waals surface area contributed by atoms with Crippen LogP contribution < -0.4 is 0 Å². The molecule has 4 N–H and O–H groups in total. The molecule has 19 nitrogen and oxygen atoms in total. The topological polar surface area (TPSA) is 227 Å². The second kappa shape index (κ2) is 21.3. The molecule has 15 saturated heterocycles. The minimum atomic E-state index is -1.04. The summed E-state index contributed by atoms with van der Waals surface area (Å²) in [7, 11) is 0. The number of aliphatic hydroxyl groups excluding tert-OH is 4. The number of hydrogen-bond acceptors (Lipinski definition) is 19. The Kier molecular flexibility index (Phi) is 14.9. The van der Waals surface area contributed by atoms with E-state index in [1.807, 2.05) is 0 Å². The first-order chi connectivity index (χ1) is 38.0. The van der Waals surface area contributed by atoms with Gasteiger partial charge in [0, 0.05) is 57.3 Å². The van der Waals surface area contributed by atoms with Gasteiger partial charge in [-0.25, -0.2) is 0 Å². The third kappa shape index (κ3) is 10.2.